The fourth-order valence-corrected chi connectivity index (χ4v) is 6.38. The van der Waals surface area contributed by atoms with Gasteiger partial charge in [0.15, 0.2) is 0 Å². The quantitative estimate of drug-likeness (QED) is 0.128. The molecular weight excluding hydrogens is 851 g/mol. The second-order valence-corrected chi connectivity index (χ2v) is 16.6. The van der Waals surface area contributed by atoms with Gasteiger partial charge in [0, 0.05) is 78.5 Å². The minimum absolute atomic E-state index is 0. The molecule has 0 spiro atoms. The summed E-state index contributed by atoms with van der Waals surface area (Å²) < 4.78 is 10.9. The Morgan fingerprint density at radius 2 is 1.02 bits per heavy atom. The molecule has 328 valence electrons. The van der Waals surface area contributed by atoms with Gasteiger partial charge in [-0.2, -0.15) is 0 Å². The molecule has 12 nitrogen and oxygen atoms in total. The van der Waals surface area contributed by atoms with Crippen molar-refractivity contribution in [2.45, 2.75) is 78.8 Å². The number of aromatic nitrogens is 2. The summed E-state index contributed by atoms with van der Waals surface area (Å²) in [6.45, 7) is 17.1. The van der Waals surface area contributed by atoms with Crippen LogP contribution >= 0.6 is 0 Å². The number of rotatable bonds is 9. The van der Waals surface area contributed by atoms with E-state index in [4.69, 9.17) is 19.7 Å². The van der Waals surface area contributed by atoms with Gasteiger partial charge < -0.3 is 46.7 Å². The van der Waals surface area contributed by atoms with Crippen molar-refractivity contribution in [2.24, 2.45) is 0 Å². The number of nitrogens with zero attached hydrogens (tertiary/aromatic N) is 6. The van der Waals surface area contributed by atoms with Crippen molar-refractivity contribution >= 4 is 35.7 Å². The molecule has 0 saturated carbocycles. The summed E-state index contributed by atoms with van der Waals surface area (Å²) in [5.74, 6) is 0. The fourth-order valence-electron chi connectivity index (χ4n) is 6.38. The van der Waals surface area contributed by atoms with Crippen LogP contribution in [0.1, 0.15) is 75.2 Å². The van der Waals surface area contributed by atoms with Gasteiger partial charge in [0.25, 0.3) is 0 Å². The van der Waals surface area contributed by atoms with Gasteiger partial charge in [-0.1, -0.05) is 54.6 Å². The van der Waals surface area contributed by atoms with Crippen LogP contribution in [-0.4, -0.2) is 106 Å². The summed E-state index contributed by atoms with van der Waals surface area (Å²) in [7, 11) is 0. The number of hydrogen-bond donors (Lipinski definition) is 2. The number of carbonyl (C=O) groups excluding carboxylic acids is 2. The normalized spacial score (nSPS) is 14.4. The first-order valence-electron chi connectivity index (χ1n) is 20.1. The zero-order valence-electron chi connectivity index (χ0n) is 36.2. The molecule has 0 radical (unpaired) electrons. The SMILES string of the molecule is CC(C)(C)OC(=O)N1CCN(c2ccc(C=Cc3ccc(CO)cc3)nc2)CC1.CC(C)(C)OC(=O)N1CCN(c2ccc(CCc3ccc(CO)cc3)nc2)CC1.[CH3-].[Pd]. The van der Waals surface area contributed by atoms with Gasteiger partial charge in [-0.25, -0.2) is 9.59 Å². The van der Waals surface area contributed by atoms with Crippen molar-refractivity contribution in [3.05, 3.63) is 126 Å². The van der Waals surface area contributed by atoms with Crippen molar-refractivity contribution in [3.63, 3.8) is 0 Å². The van der Waals surface area contributed by atoms with Crippen LogP contribution in [0, 0.1) is 7.43 Å². The van der Waals surface area contributed by atoms with Gasteiger partial charge in [-0.3, -0.25) is 9.97 Å². The van der Waals surface area contributed by atoms with Crippen LogP contribution in [-0.2, 0) is 56.0 Å². The summed E-state index contributed by atoms with van der Waals surface area (Å²) in [6, 6.07) is 24.1. The van der Waals surface area contributed by atoms with Crippen LogP contribution in [0.25, 0.3) is 12.2 Å². The number of amides is 2. The fraction of sp³-hybridized carbons (Fsp3) is 0.426. The van der Waals surface area contributed by atoms with E-state index in [1.165, 1.54) is 5.56 Å². The average Bonchev–Trinajstić information content (AvgIpc) is 3.22. The molecule has 2 aliphatic heterocycles. The van der Waals surface area contributed by atoms with Crippen molar-refractivity contribution < 1.29 is 49.7 Å². The summed E-state index contributed by atoms with van der Waals surface area (Å²) in [6.07, 6.45) is 9.09. The Morgan fingerprint density at radius 3 is 1.42 bits per heavy atom. The van der Waals surface area contributed by atoms with E-state index in [1.807, 2.05) is 109 Å². The summed E-state index contributed by atoms with van der Waals surface area (Å²) >= 11 is 0. The monoisotopic (exact) mass is 913 g/mol. The molecule has 13 heteroatoms. The van der Waals surface area contributed by atoms with Crippen LogP contribution in [0.2, 0.25) is 0 Å². The number of aliphatic hydroxyl groups is 2. The maximum atomic E-state index is 12.2. The van der Waals surface area contributed by atoms with E-state index in [9.17, 15) is 9.59 Å². The molecule has 0 bridgehead atoms. The number of benzene rings is 2. The molecule has 4 aromatic rings. The molecule has 2 saturated heterocycles. The van der Waals surface area contributed by atoms with E-state index in [0.717, 1.165) is 78.5 Å². The van der Waals surface area contributed by atoms with Crippen LogP contribution in [0.4, 0.5) is 21.0 Å². The zero-order chi connectivity index (χ0) is 41.7. The van der Waals surface area contributed by atoms with Crippen molar-refractivity contribution in [3.8, 4) is 0 Å². The van der Waals surface area contributed by atoms with E-state index >= 15 is 0 Å². The molecule has 2 amide bonds. The summed E-state index contributed by atoms with van der Waals surface area (Å²) in [5, 5.41) is 18.2. The molecular formula is C47H63N6O6Pd-. The Balaban J connectivity index is 0.000000310. The van der Waals surface area contributed by atoms with Gasteiger partial charge in [0.1, 0.15) is 11.2 Å². The number of aliphatic hydroxyl groups excluding tert-OH is 2. The maximum absolute atomic E-state index is 12.2. The van der Waals surface area contributed by atoms with Crippen molar-refractivity contribution in [1.82, 2.24) is 19.8 Å². The Hall–Kier alpha value is -4.80. The molecule has 2 aliphatic rings. The molecule has 2 fully saturated rings. The van der Waals surface area contributed by atoms with E-state index < -0.39 is 11.2 Å². The third-order valence-corrected chi connectivity index (χ3v) is 9.66. The van der Waals surface area contributed by atoms with Gasteiger partial charge in [-0.15, -0.1) is 0 Å². The van der Waals surface area contributed by atoms with Crippen molar-refractivity contribution in [2.75, 3.05) is 62.2 Å². The van der Waals surface area contributed by atoms with Crippen LogP contribution in [0.3, 0.4) is 0 Å². The van der Waals surface area contributed by atoms with E-state index in [-0.39, 0.29) is 53.2 Å². The minimum Gasteiger partial charge on any atom is -0.444 e. The summed E-state index contributed by atoms with van der Waals surface area (Å²) in [5.41, 5.74) is 7.29. The molecule has 60 heavy (non-hydrogen) atoms. The number of carbonyl (C=O) groups is 2. The Bertz CT molecular complexity index is 1910. The van der Waals surface area contributed by atoms with Crippen LogP contribution in [0.15, 0.2) is 85.2 Å². The number of piperazine rings is 2. The Morgan fingerprint density at radius 1 is 0.583 bits per heavy atom. The van der Waals surface area contributed by atoms with Gasteiger partial charge in [-0.05, 0) is 107 Å². The first-order chi connectivity index (χ1) is 27.7. The average molecular weight is 914 g/mol. The third kappa shape index (κ3) is 16.0. The first-order valence-corrected chi connectivity index (χ1v) is 20.1. The topological polar surface area (TPSA) is 132 Å². The second kappa shape index (κ2) is 23.3. The maximum Gasteiger partial charge on any atom is 0.410 e. The third-order valence-electron chi connectivity index (χ3n) is 9.66. The van der Waals surface area contributed by atoms with E-state index in [1.54, 1.807) is 9.80 Å². The molecule has 2 aromatic heterocycles. The predicted octanol–water partition coefficient (Wildman–Crippen LogP) is 7.67. The largest absolute Gasteiger partial charge is 0.444 e. The van der Waals surface area contributed by atoms with E-state index in [0.29, 0.717) is 26.2 Å². The number of ether oxygens (including phenoxy) is 2. The second-order valence-electron chi connectivity index (χ2n) is 16.6. The molecule has 6 rings (SSSR count). The van der Waals surface area contributed by atoms with Gasteiger partial charge in [0.2, 0.25) is 0 Å². The molecule has 0 unspecified atom stereocenters. The standard InChI is InChI=1S/C23H31N3O3.C23H29N3O3.CH3.Pd/c2*1-23(2,3)29-22(28)26-14-12-25(13-15-26)21-11-10-20(24-16-21)9-8-18-4-6-19(17-27)7-5-18;;/h4-7,10-11,16,27H,8-9,12-15,17H2,1-3H3;4-11,16,27H,12-15,17H2,1-3H3;1H3;/q;;-1;. The molecule has 2 aromatic carbocycles. The van der Waals surface area contributed by atoms with E-state index in [2.05, 4.69) is 50.1 Å². The van der Waals surface area contributed by atoms with Crippen LogP contribution in [0.5, 0.6) is 0 Å². The first kappa shape index (κ1) is 49.6. The Labute approximate surface area is 370 Å². The number of hydrogen-bond acceptors (Lipinski definition) is 10. The number of anilines is 2. The van der Waals surface area contributed by atoms with Crippen molar-refractivity contribution in [1.29, 1.82) is 0 Å². The predicted molar refractivity (Wildman–Crippen MR) is 236 cm³/mol. The molecule has 0 atom stereocenters. The molecule has 0 aliphatic carbocycles. The molecule has 4 heterocycles. The van der Waals surface area contributed by atoms with Gasteiger partial charge in [0.05, 0.1) is 42.7 Å². The Kier molecular flexibility index (Phi) is 19.2. The minimum atomic E-state index is -0.470. The zero-order valence-corrected chi connectivity index (χ0v) is 37.8. The van der Waals surface area contributed by atoms with Crippen LogP contribution < -0.4 is 9.80 Å². The number of pyridine rings is 2. The summed E-state index contributed by atoms with van der Waals surface area (Å²) in [4.78, 5) is 41.5. The molecule has 2 N–H and O–H groups in total. The number of aryl methyl sites for hydroxylation is 2. The smallest absolute Gasteiger partial charge is 0.410 e. The van der Waals surface area contributed by atoms with Gasteiger partial charge >= 0.3 is 12.2 Å².